The molecule has 10 nitrogen and oxygen atoms in total. The van der Waals surface area contributed by atoms with E-state index >= 15 is 0 Å². The second-order valence-corrected chi connectivity index (χ2v) is 12.7. The van der Waals surface area contributed by atoms with Gasteiger partial charge in [0.15, 0.2) is 39.2 Å². The number of aryl methyl sites for hydroxylation is 2. The van der Waals surface area contributed by atoms with Crippen LogP contribution in [0.25, 0.3) is 10.2 Å². The van der Waals surface area contributed by atoms with Crippen molar-refractivity contribution in [3.8, 4) is 5.75 Å². The number of para-hydroxylation sites is 1. The molecule has 45 heavy (non-hydrogen) atoms. The van der Waals surface area contributed by atoms with E-state index in [-0.39, 0.29) is 24.7 Å². The molecule has 0 radical (unpaired) electrons. The van der Waals surface area contributed by atoms with Gasteiger partial charge in [-0.2, -0.15) is 0 Å². The van der Waals surface area contributed by atoms with Crippen molar-refractivity contribution in [2.45, 2.75) is 45.4 Å². The molecule has 0 atom stereocenters. The van der Waals surface area contributed by atoms with Crippen molar-refractivity contribution in [2.75, 3.05) is 37.1 Å². The van der Waals surface area contributed by atoms with E-state index in [1.165, 1.54) is 24.5 Å². The lowest BCUT2D eigenvalue weighted by Crippen LogP contribution is -2.27. The van der Waals surface area contributed by atoms with E-state index in [1.807, 2.05) is 36.1 Å². The Morgan fingerprint density at radius 2 is 1.98 bits per heavy atom. The van der Waals surface area contributed by atoms with Crippen molar-refractivity contribution in [2.24, 2.45) is 0 Å². The first-order valence-electron chi connectivity index (χ1n) is 14.8. The van der Waals surface area contributed by atoms with Gasteiger partial charge in [-0.3, -0.25) is 0 Å². The summed E-state index contributed by atoms with van der Waals surface area (Å²) in [6, 6.07) is 12.9. The lowest BCUT2D eigenvalue weighted by molar-refractivity contribution is 0.0593. The van der Waals surface area contributed by atoms with Crippen LogP contribution in [0.1, 0.15) is 51.3 Å². The topological polar surface area (TPSA) is 123 Å². The molecule has 0 amide bonds. The number of carbonyl (C=O) groups is 1. The number of aromatic nitrogens is 4. The number of hydrogen-bond acceptors (Lipinski definition) is 12. The second-order valence-electron chi connectivity index (χ2n) is 10.6. The third-order valence-corrected chi connectivity index (χ3v) is 9.72. The molecule has 1 aliphatic heterocycles. The van der Waals surface area contributed by atoms with Crippen molar-refractivity contribution < 1.29 is 23.8 Å². The number of nitrogens with zero attached hydrogens (tertiary/aromatic N) is 5. The molecule has 6 rings (SSSR count). The summed E-state index contributed by atoms with van der Waals surface area (Å²) in [4.78, 5) is 24.8. The normalized spacial score (nSPS) is 12.8. The highest BCUT2D eigenvalue weighted by Crippen LogP contribution is 2.39. The maximum absolute atomic E-state index is 14.5. The molecule has 2 aromatic carbocycles. The van der Waals surface area contributed by atoms with E-state index < -0.39 is 11.8 Å². The highest BCUT2D eigenvalue weighted by molar-refractivity contribution is 7.22. The lowest BCUT2D eigenvalue weighted by Gasteiger charge is -2.28. The van der Waals surface area contributed by atoms with Gasteiger partial charge in [0, 0.05) is 29.2 Å². The first-order chi connectivity index (χ1) is 21.9. The number of nitrogens with one attached hydrogen (secondary N) is 1. The molecule has 13 heteroatoms. The summed E-state index contributed by atoms with van der Waals surface area (Å²) in [6.45, 7) is 3.05. The Labute approximate surface area is 267 Å². The lowest BCUT2D eigenvalue weighted by atomic mass is 10.0. The number of carbonyl (C=O) groups excluding carboxylic acids is 1. The minimum absolute atomic E-state index is 0.0637. The van der Waals surface area contributed by atoms with Crippen LogP contribution < -0.4 is 15.0 Å². The standard InChI is InChI=1S/C32H33FN6O4S2/c1-19-21-9-5-15-39(29(21)38-37-28(19)36-31-34-23-10-3-4-11-25(23)44-31)32-35-27(30(41)42-2)26(45-32)12-7-17-43-24-14-13-20(8-6-16-40)18-22(24)33/h3-4,10-11,13-14,18,40H,5-9,12,15-17H2,1-2H3,(H,34,36,37). The van der Waals surface area contributed by atoms with E-state index in [0.717, 1.165) is 55.6 Å². The monoisotopic (exact) mass is 648 g/mol. The van der Waals surface area contributed by atoms with Crippen LogP contribution in [0.3, 0.4) is 0 Å². The SMILES string of the molecule is COC(=O)c1nc(N2CCCc3c2nnc(Nc2nc4ccccc4s2)c3C)sc1CCCOc1ccc(CCCO)cc1F. The Kier molecular flexibility index (Phi) is 9.47. The van der Waals surface area contributed by atoms with Crippen molar-refractivity contribution in [1.29, 1.82) is 0 Å². The number of hydrogen-bond donors (Lipinski definition) is 2. The Hall–Kier alpha value is -4.20. The number of methoxy groups -OCH3 is 1. The first kappa shape index (κ1) is 30.8. The number of rotatable bonds is 12. The molecule has 0 bridgehead atoms. The minimum atomic E-state index is -0.507. The van der Waals surface area contributed by atoms with Crippen LogP contribution in [0.2, 0.25) is 0 Å². The largest absolute Gasteiger partial charge is 0.491 e. The average molecular weight is 649 g/mol. The van der Waals surface area contributed by atoms with E-state index in [1.54, 1.807) is 23.5 Å². The van der Waals surface area contributed by atoms with Crippen LogP contribution in [0.15, 0.2) is 42.5 Å². The fourth-order valence-corrected chi connectivity index (χ4v) is 7.29. The summed E-state index contributed by atoms with van der Waals surface area (Å²) >= 11 is 2.99. The molecule has 0 fully saturated rings. The zero-order valence-electron chi connectivity index (χ0n) is 25.0. The summed E-state index contributed by atoms with van der Waals surface area (Å²) < 4.78 is 26.3. The Bertz CT molecular complexity index is 1790. The molecule has 4 heterocycles. The quantitative estimate of drug-likeness (QED) is 0.114. The maximum atomic E-state index is 14.5. The highest BCUT2D eigenvalue weighted by atomic mass is 32.1. The molecule has 0 aliphatic carbocycles. The summed E-state index contributed by atoms with van der Waals surface area (Å²) in [5.41, 5.74) is 4.09. The fourth-order valence-electron chi connectivity index (χ4n) is 5.31. The van der Waals surface area contributed by atoms with Gasteiger partial charge in [0.05, 0.1) is 23.9 Å². The maximum Gasteiger partial charge on any atom is 0.357 e. The third kappa shape index (κ3) is 6.75. The number of esters is 1. The molecular formula is C32H33FN6O4S2. The smallest absolute Gasteiger partial charge is 0.357 e. The van der Waals surface area contributed by atoms with E-state index in [2.05, 4.69) is 20.5 Å². The summed E-state index contributed by atoms with van der Waals surface area (Å²) in [5.74, 6) is 0.636. The zero-order valence-corrected chi connectivity index (χ0v) is 26.6. The second kappa shape index (κ2) is 13.8. The van der Waals surface area contributed by atoms with Gasteiger partial charge in [-0.15, -0.1) is 21.5 Å². The van der Waals surface area contributed by atoms with Crippen LogP contribution in [0.4, 0.5) is 26.3 Å². The van der Waals surface area contributed by atoms with Gasteiger partial charge in [0.2, 0.25) is 0 Å². The summed E-state index contributed by atoms with van der Waals surface area (Å²) in [5, 5.41) is 22.9. The number of ether oxygens (including phenoxy) is 2. The van der Waals surface area contributed by atoms with Gasteiger partial charge in [-0.05, 0) is 75.3 Å². The van der Waals surface area contributed by atoms with Gasteiger partial charge >= 0.3 is 5.97 Å². The van der Waals surface area contributed by atoms with E-state index in [0.29, 0.717) is 43.2 Å². The number of thiazole rings is 2. The van der Waals surface area contributed by atoms with Crippen LogP contribution in [-0.4, -0.2) is 58.1 Å². The Morgan fingerprint density at radius 3 is 2.78 bits per heavy atom. The average Bonchev–Trinajstić information content (AvgIpc) is 3.67. The zero-order chi connectivity index (χ0) is 31.3. The molecular weight excluding hydrogens is 616 g/mol. The first-order valence-corrected chi connectivity index (χ1v) is 16.4. The number of benzene rings is 2. The van der Waals surface area contributed by atoms with Crippen LogP contribution in [0.5, 0.6) is 5.75 Å². The fraction of sp³-hybridized carbons (Fsp3) is 0.344. The third-order valence-electron chi connectivity index (χ3n) is 7.63. The molecule has 0 unspecified atom stereocenters. The molecule has 234 valence electrons. The number of aliphatic hydroxyl groups excluding tert-OH is 1. The van der Waals surface area contributed by atoms with Gasteiger partial charge in [0.25, 0.3) is 0 Å². The Morgan fingerprint density at radius 1 is 1.11 bits per heavy atom. The van der Waals surface area contributed by atoms with Crippen LogP contribution >= 0.6 is 22.7 Å². The van der Waals surface area contributed by atoms with E-state index in [4.69, 9.17) is 19.6 Å². The van der Waals surface area contributed by atoms with Crippen molar-refractivity contribution >= 4 is 60.8 Å². The van der Waals surface area contributed by atoms with E-state index in [9.17, 15) is 9.18 Å². The molecule has 0 spiro atoms. The van der Waals surface area contributed by atoms with Crippen LogP contribution in [-0.2, 0) is 24.0 Å². The molecule has 0 saturated carbocycles. The summed E-state index contributed by atoms with van der Waals surface area (Å²) in [7, 11) is 1.34. The predicted octanol–water partition coefficient (Wildman–Crippen LogP) is 6.54. The molecule has 3 aromatic heterocycles. The van der Waals surface area contributed by atoms with Crippen molar-refractivity contribution in [3.63, 3.8) is 0 Å². The van der Waals surface area contributed by atoms with Crippen molar-refractivity contribution in [3.05, 3.63) is 75.5 Å². The number of halogens is 1. The highest BCUT2D eigenvalue weighted by Gasteiger charge is 2.28. The number of fused-ring (bicyclic) bond motifs is 2. The van der Waals surface area contributed by atoms with Crippen LogP contribution in [0, 0.1) is 12.7 Å². The Balaban J connectivity index is 1.17. The summed E-state index contributed by atoms with van der Waals surface area (Å²) in [6.07, 6.45) is 3.98. The molecule has 1 aliphatic rings. The predicted molar refractivity (Wildman–Crippen MR) is 174 cm³/mol. The molecule has 0 saturated heterocycles. The van der Waals surface area contributed by atoms with Gasteiger partial charge < -0.3 is 24.8 Å². The van der Waals surface area contributed by atoms with Gasteiger partial charge in [-0.25, -0.2) is 19.2 Å². The van der Waals surface area contributed by atoms with Crippen molar-refractivity contribution in [1.82, 2.24) is 20.2 Å². The van der Waals surface area contributed by atoms with Gasteiger partial charge in [0.1, 0.15) is 0 Å². The van der Waals surface area contributed by atoms with Gasteiger partial charge in [-0.1, -0.05) is 29.5 Å². The minimum Gasteiger partial charge on any atom is -0.491 e. The molecule has 5 aromatic rings. The number of aliphatic hydroxyl groups is 1. The number of anilines is 4. The molecule has 2 N–H and O–H groups in total.